The molecule has 2 aromatic rings. The summed E-state index contributed by atoms with van der Waals surface area (Å²) in [7, 11) is 0. The average Bonchev–Trinajstić information content (AvgIpc) is 2.96. The Bertz CT molecular complexity index is 1310. The molecule has 4 rings (SSSR count). The maximum atomic E-state index is 13.9. The zero-order valence-corrected chi connectivity index (χ0v) is 24.9. The number of nitrogens with zero attached hydrogens (tertiary/aromatic N) is 2. The second-order valence-corrected chi connectivity index (χ2v) is 12.8. The van der Waals surface area contributed by atoms with E-state index in [-0.39, 0.29) is 36.1 Å². The molecular weight excluding hydrogens is 534 g/mol. The number of piperidine rings is 1. The molecule has 10 heteroatoms. The minimum Gasteiger partial charge on any atom is -0.356 e. The Morgan fingerprint density at radius 1 is 0.976 bits per heavy atom. The minimum absolute atomic E-state index is 0.0220. The van der Waals surface area contributed by atoms with Crippen molar-refractivity contribution in [2.45, 2.75) is 96.6 Å². The number of rotatable bonds is 11. The van der Waals surface area contributed by atoms with E-state index in [2.05, 4.69) is 25.9 Å². The lowest BCUT2D eigenvalue weighted by Gasteiger charge is -2.29. The zero-order valence-electron chi connectivity index (χ0n) is 24.9. The van der Waals surface area contributed by atoms with Gasteiger partial charge in [-0.2, -0.15) is 0 Å². The Hall–Kier alpha value is -3.69. The highest BCUT2D eigenvalue weighted by Gasteiger charge is 2.36. The number of ketones is 2. The smallest absolute Gasteiger partial charge is 0.290 e. The molecule has 1 saturated heterocycles. The fourth-order valence-electron chi connectivity index (χ4n) is 5.95. The Morgan fingerprint density at radius 3 is 2.38 bits per heavy atom. The van der Waals surface area contributed by atoms with Crippen LogP contribution in [0.15, 0.2) is 30.5 Å². The van der Waals surface area contributed by atoms with Crippen molar-refractivity contribution in [3.05, 3.63) is 36.2 Å². The number of fused-ring (bicyclic) bond motifs is 1. The van der Waals surface area contributed by atoms with Crippen molar-refractivity contribution in [1.29, 1.82) is 0 Å². The number of hydrogen-bond donors (Lipinski definition) is 3. The lowest BCUT2D eigenvalue weighted by atomic mass is 9.80. The first-order chi connectivity index (χ1) is 20.0. The second-order valence-electron chi connectivity index (χ2n) is 12.8. The number of para-hydroxylation sites is 2. The molecule has 2 aliphatic rings. The Labute approximate surface area is 247 Å². The van der Waals surface area contributed by atoms with Crippen LogP contribution in [0.3, 0.4) is 0 Å². The normalized spacial score (nSPS) is 19.4. The third-order valence-corrected chi connectivity index (χ3v) is 8.14. The van der Waals surface area contributed by atoms with Crippen LogP contribution in [0.4, 0.5) is 0 Å². The molecular formula is C32H43N5O5. The fourth-order valence-corrected chi connectivity index (χ4v) is 5.95. The highest BCUT2D eigenvalue weighted by Crippen LogP contribution is 2.31. The van der Waals surface area contributed by atoms with Gasteiger partial charge in [0.25, 0.3) is 5.91 Å². The predicted octanol–water partition coefficient (Wildman–Crippen LogP) is 3.67. The largest absolute Gasteiger partial charge is 0.356 e. The second kappa shape index (κ2) is 14.0. The molecule has 0 radical (unpaired) electrons. The van der Waals surface area contributed by atoms with Gasteiger partial charge in [0, 0.05) is 30.3 Å². The average molecular weight is 578 g/mol. The van der Waals surface area contributed by atoms with E-state index in [1.807, 2.05) is 18.2 Å². The van der Waals surface area contributed by atoms with Crippen molar-refractivity contribution in [2.75, 3.05) is 6.54 Å². The monoisotopic (exact) mass is 577 g/mol. The number of Topliss-reactive ketones (excluding diaryl/α,β-unsaturated/α-hetero) is 2. The van der Waals surface area contributed by atoms with Crippen molar-refractivity contribution in [3.63, 3.8) is 0 Å². The van der Waals surface area contributed by atoms with Gasteiger partial charge in [-0.25, -0.2) is 4.98 Å². The summed E-state index contributed by atoms with van der Waals surface area (Å²) in [4.78, 5) is 74.9. The van der Waals surface area contributed by atoms with Crippen LogP contribution in [0.5, 0.6) is 0 Å². The molecule has 3 N–H and O–H groups in total. The van der Waals surface area contributed by atoms with Gasteiger partial charge in [0.05, 0.1) is 23.3 Å². The molecule has 2 fully saturated rings. The van der Waals surface area contributed by atoms with Gasteiger partial charge in [-0.1, -0.05) is 44.2 Å². The molecule has 0 unspecified atom stereocenters. The van der Waals surface area contributed by atoms with Gasteiger partial charge >= 0.3 is 0 Å². The molecule has 0 bridgehead atoms. The summed E-state index contributed by atoms with van der Waals surface area (Å²) in [5.74, 6) is -3.47. The Kier molecular flexibility index (Phi) is 10.4. The molecule has 0 spiro atoms. The third-order valence-electron chi connectivity index (χ3n) is 8.14. The SMILES string of the molecule is CC(C)(C)NC(=O)C(=O)[C@H](C[C@@H]1CCCNC1=O)NC(=O)[C@@H](CC(=O)c1cnc2ccccc2n1)CC1CCCCC1. The standard InChI is InChI=1S/C32H43N5O5/c1-32(2,3)37-31(42)28(39)25(17-21-12-9-15-33-29(21)40)36-30(41)22(16-20-10-5-4-6-11-20)18-27(38)26-19-34-23-13-7-8-14-24(23)35-26/h7-8,13-14,19-22,25H,4-6,9-12,15-18H2,1-3H3,(H,33,40)(H,36,41)(H,37,42)/t21-,22+,25-/m0/s1. The number of carbonyl (C=O) groups excluding carboxylic acids is 5. The molecule has 2 heterocycles. The summed E-state index contributed by atoms with van der Waals surface area (Å²) < 4.78 is 0. The van der Waals surface area contributed by atoms with E-state index in [0.717, 1.165) is 38.5 Å². The van der Waals surface area contributed by atoms with E-state index >= 15 is 0 Å². The van der Waals surface area contributed by atoms with Crippen LogP contribution < -0.4 is 16.0 Å². The van der Waals surface area contributed by atoms with Crippen molar-refractivity contribution in [2.24, 2.45) is 17.8 Å². The quantitative estimate of drug-likeness (QED) is 0.273. The predicted molar refractivity (Wildman–Crippen MR) is 158 cm³/mol. The molecule has 10 nitrogen and oxygen atoms in total. The lowest BCUT2D eigenvalue weighted by molar-refractivity contribution is -0.142. The van der Waals surface area contributed by atoms with Gasteiger partial charge in [-0.05, 0) is 64.5 Å². The molecule has 3 amide bonds. The van der Waals surface area contributed by atoms with E-state index in [4.69, 9.17) is 0 Å². The number of nitrogens with one attached hydrogen (secondary N) is 3. The first kappa shape index (κ1) is 31.3. The van der Waals surface area contributed by atoms with Crippen LogP contribution in [0.1, 0.15) is 95.5 Å². The summed E-state index contributed by atoms with van der Waals surface area (Å²) in [5.41, 5.74) is 0.802. The van der Waals surface area contributed by atoms with E-state index in [9.17, 15) is 24.0 Å². The minimum atomic E-state index is -1.18. The van der Waals surface area contributed by atoms with Crippen LogP contribution >= 0.6 is 0 Å². The summed E-state index contributed by atoms with van der Waals surface area (Å²) in [5, 5.41) is 8.29. The molecule has 226 valence electrons. The molecule has 42 heavy (non-hydrogen) atoms. The van der Waals surface area contributed by atoms with Crippen LogP contribution in [0.2, 0.25) is 0 Å². The van der Waals surface area contributed by atoms with Gasteiger partial charge in [0.15, 0.2) is 5.78 Å². The first-order valence-corrected chi connectivity index (χ1v) is 15.2. The van der Waals surface area contributed by atoms with Gasteiger partial charge in [-0.15, -0.1) is 0 Å². The van der Waals surface area contributed by atoms with Gasteiger partial charge < -0.3 is 16.0 Å². The van der Waals surface area contributed by atoms with Crippen molar-refractivity contribution in [1.82, 2.24) is 25.9 Å². The van der Waals surface area contributed by atoms with E-state index in [1.165, 1.54) is 6.20 Å². The third kappa shape index (κ3) is 8.66. The topological polar surface area (TPSA) is 147 Å². The molecule has 1 aromatic heterocycles. The van der Waals surface area contributed by atoms with Gasteiger partial charge in [0.2, 0.25) is 17.6 Å². The van der Waals surface area contributed by atoms with Gasteiger partial charge in [-0.3, -0.25) is 29.0 Å². The van der Waals surface area contributed by atoms with E-state index < -0.39 is 41.0 Å². The van der Waals surface area contributed by atoms with E-state index in [1.54, 1.807) is 26.8 Å². The summed E-state index contributed by atoms with van der Waals surface area (Å²) >= 11 is 0. The summed E-state index contributed by atoms with van der Waals surface area (Å²) in [6.07, 6.45) is 8.45. The van der Waals surface area contributed by atoms with Crippen molar-refractivity contribution >= 4 is 40.3 Å². The maximum Gasteiger partial charge on any atom is 0.290 e. The summed E-state index contributed by atoms with van der Waals surface area (Å²) in [6.45, 7) is 5.86. The van der Waals surface area contributed by atoms with E-state index in [0.29, 0.717) is 30.4 Å². The Morgan fingerprint density at radius 2 is 1.69 bits per heavy atom. The number of hydrogen-bond acceptors (Lipinski definition) is 7. The number of carbonyl (C=O) groups is 5. The Balaban J connectivity index is 1.55. The molecule has 3 atom stereocenters. The van der Waals surface area contributed by atoms with Crippen LogP contribution in [0, 0.1) is 17.8 Å². The van der Waals surface area contributed by atoms with Crippen LogP contribution in [-0.2, 0) is 19.2 Å². The number of amides is 3. The fraction of sp³-hybridized carbons (Fsp3) is 0.594. The number of aromatic nitrogens is 2. The van der Waals surface area contributed by atoms with Crippen molar-refractivity contribution < 1.29 is 24.0 Å². The van der Waals surface area contributed by atoms with Crippen LogP contribution in [0.25, 0.3) is 11.0 Å². The van der Waals surface area contributed by atoms with Crippen molar-refractivity contribution in [3.8, 4) is 0 Å². The van der Waals surface area contributed by atoms with Crippen LogP contribution in [-0.4, -0.2) is 57.4 Å². The highest BCUT2D eigenvalue weighted by atomic mass is 16.2. The highest BCUT2D eigenvalue weighted by molar-refractivity contribution is 6.38. The zero-order chi connectivity index (χ0) is 30.3. The van der Waals surface area contributed by atoms with Gasteiger partial charge in [0.1, 0.15) is 5.69 Å². The summed E-state index contributed by atoms with van der Waals surface area (Å²) in [6, 6.07) is 6.09. The number of benzene rings is 1. The molecule has 1 aromatic carbocycles. The molecule has 1 aliphatic carbocycles. The lowest BCUT2D eigenvalue weighted by Crippen LogP contribution is -2.54. The molecule has 1 saturated carbocycles. The first-order valence-electron chi connectivity index (χ1n) is 15.2. The molecule has 1 aliphatic heterocycles. The maximum absolute atomic E-state index is 13.9.